The van der Waals surface area contributed by atoms with Crippen molar-refractivity contribution in [2.24, 2.45) is 5.41 Å². The molecule has 0 spiro atoms. The number of nitrogen functional groups attached to an aromatic ring is 1. The Morgan fingerprint density at radius 2 is 2.25 bits per heavy atom. The minimum atomic E-state index is -0.181. The van der Waals surface area contributed by atoms with Crippen LogP contribution in [0.1, 0.15) is 22.5 Å². The number of carbonyl (C=O) groups excluding carboxylic acids is 1. The number of hydrogen-bond donors (Lipinski definition) is 3. The smallest absolute Gasteiger partial charge is 0.263 e. The van der Waals surface area contributed by atoms with E-state index in [4.69, 9.17) is 17.3 Å². The number of nitrogens with one attached hydrogen (secondary N) is 1. The number of fused-ring (bicyclic) bond motifs is 1. The molecule has 0 saturated heterocycles. The summed E-state index contributed by atoms with van der Waals surface area (Å²) in [5, 5.41) is 13.6. The summed E-state index contributed by atoms with van der Waals surface area (Å²) in [6, 6.07) is 5.40. The number of benzene rings is 1. The Bertz CT molecular complexity index is 679. The van der Waals surface area contributed by atoms with E-state index in [9.17, 15) is 9.90 Å². The number of anilines is 1. The van der Waals surface area contributed by atoms with E-state index in [1.165, 1.54) is 11.3 Å². The van der Waals surface area contributed by atoms with Crippen LogP contribution in [0.2, 0.25) is 5.02 Å². The summed E-state index contributed by atoms with van der Waals surface area (Å²) in [6.07, 6.45) is 1.92. The van der Waals surface area contributed by atoms with Crippen LogP contribution in [-0.4, -0.2) is 24.2 Å². The Balaban J connectivity index is 1.82. The van der Waals surface area contributed by atoms with Crippen LogP contribution in [0.25, 0.3) is 10.1 Å². The number of carbonyl (C=O) groups is 1. The van der Waals surface area contributed by atoms with Gasteiger partial charge in [-0.15, -0.1) is 11.3 Å². The minimum absolute atomic E-state index is 0.107. The topological polar surface area (TPSA) is 75.4 Å². The first-order valence-electron chi connectivity index (χ1n) is 6.41. The molecule has 106 valence electrons. The minimum Gasteiger partial charge on any atom is -0.397 e. The Kier molecular flexibility index (Phi) is 3.36. The Hall–Kier alpha value is -1.30. The molecule has 1 heterocycles. The van der Waals surface area contributed by atoms with Gasteiger partial charge in [0.1, 0.15) is 4.88 Å². The molecule has 3 rings (SSSR count). The molecule has 2 aromatic rings. The van der Waals surface area contributed by atoms with E-state index in [1.54, 1.807) is 6.07 Å². The molecule has 0 aliphatic heterocycles. The molecule has 0 atom stereocenters. The van der Waals surface area contributed by atoms with Crippen molar-refractivity contribution in [1.82, 2.24) is 5.32 Å². The van der Waals surface area contributed by atoms with Gasteiger partial charge in [0.25, 0.3) is 5.91 Å². The van der Waals surface area contributed by atoms with Gasteiger partial charge in [-0.05, 0) is 31.0 Å². The van der Waals surface area contributed by atoms with Crippen LogP contribution in [0.3, 0.4) is 0 Å². The molecule has 4 N–H and O–H groups in total. The molecule has 0 unspecified atom stereocenters. The highest BCUT2D eigenvalue weighted by Gasteiger charge is 2.42. The lowest BCUT2D eigenvalue weighted by Gasteiger charge is -2.12. The molecule has 1 saturated carbocycles. The van der Waals surface area contributed by atoms with E-state index in [1.807, 2.05) is 12.1 Å². The average Bonchev–Trinajstić information content (AvgIpc) is 3.15. The molecule has 1 aliphatic rings. The number of thiophene rings is 1. The third kappa shape index (κ3) is 2.37. The maximum atomic E-state index is 12.2. The third-order valence-corrected chi connectivity index (χ3v) is 5.22. The number of hydrogen-bond acceptors (Lipinski definition) is 4. The first kappa shape index (κ1) is 13.7. The lowest BCUT2D eigenvalue weighted by molar-refractivity contribution is 0.0940. The van der Waals surface area contributed by atoms with Crippen LogP contribution in [-0.2, 0) is 0 Å². The van der Waals surface area contributed by atoms with Gasteiger partial charge in [-0.25, -0.2) is 0 Å². The lowest BCUT2D eigenvalue weighted by Crippen LogP contribution is -2.31. The van der Waals surface area contributed by atoms with Crippen LogP contribution in [0, 0.1) is 5.41 Å². The number of aliphatic hydroxyl groups is 1. The van der Waals surface area contributed by atoms with Gasteiger partial charge in [0.05, 0.1) is 12.3 Å². The van der Waals surface area contributed by atoms with Crippen molar-refractivity contribution < 1.29 is 9.90 Å². The molecule has 6 heteroatoms. The number of halogens is 1. The van der Waals surface area contributed by atoms with Gasteiger partial charge in [-0.1, -0.05) is 11.6 Å². The highest BCUT2D eigenvalue weighted by atomic mass is 35.5. The number of amides is 1. The van der Waals surface area contributed by atoms with Gasteiger partial charge in [-0.2, -0.15) is 0 Å². The van der Waals surface area contributed by atoms with Crippen molar-refractivity contribution in [3.8, 4) is 0 Å². The van der Waals surface area contributed by atoms with Crippen molar-refractivity contribution >= 4 is 44.6 Å². The second kappa shape index (κ2) is 4.91. The van der Waals surface area contributed by atoms with Gasteiger partial charge in [-0.3, -0.25) is 4.79 Å². The molecular weight excluding hydrogens is 296 g/mol. The molecule has 1 aromatic carbocycles. The fourth-order valence-corrected chi connectivity index (χ4v) is 3.49. The van der Waals surface area contributed by atoms with Crippen molar-refractivity contribution in [2.45, 2.75) is 12.8 Å². The summed E-state index contributed by atoms with van der Waals surface area (Å²) in [5.74, 6) is -0.181. The van der Waals surface area contributed by atoms with E-state index in [2.05, 4.69) is 5.32 Å². The van der Waals surface area contributed by atoms with Gasteiger partial charge in [0.15, 0.2) is 0 Å². The van der Waals surface area contributed by atoms with Gasteiger partial charge < -0.3 is 16.2 Å². The van der Waals surface area contributed by atoms with Gasteiger partial charge >= 0.3 is 0 Å². The lowest BCUT2D eigenvalue weighted by atomic mass is 10.1. The Labute approximate surface area is 125 Å². The van der Waals surface area contributed by atoms with Crippen LogP contribution >= 0.6 is 22.9 Å². The highest BCUT2D eigenvalue weighted by molar-refractivity contribution is 7.21. The van der Waals surface area contributed by atoms with E-state index in [-0.39, 0.29) is 17.9 Å². The summed E-state index contributed by atoms with van der Waals surface area (Å²) in [6.45, 7) is 0.613. The first-order chi connectivity index (χ1) is 9.54. The standard InChI is InChI=1S/C14H15ClN2O2S/c15-8-1-2-9-10(5-8)20-12(11(9)16)13(19)17-6-14(7-18)3-4-14/h1-2,5,18H,3-4,6-7,16H2,(H,17,19). The first-order valence-corrected chi connectivity index (χ1v) is 7.61. The quantitative estimate of drug-likeness (QED) is 0.812. The van der Waals surface area contributed by atoms with Crippen molar-refractivity contribution in [3.63, 3.8) is 0 Å². The van der Waals surface area contributed by atoms with Crippen molar-refractivity contribution in [2.75, 3.05) is 18.9 Å². The van der Waals surface area contributed by atoms with Crippen molar-refractivity contribution in [1.29, 1.82) is 0 Å². The molecule has 20 heavy (non-hydrogen) atoms. The maximum Gasteiger partial charge on any atom is 0.263 e. The molecule has 1 fully saturated rings. The zero-order valence-corrected chi connectivity index (χ0v) is 12.4. The number of nitrogens with two attached hydrogens (primary N) is 1. The van der Waals surface area contributed by atoms with E-state index in [0.717, 1.165) is 22.9 Å². The summed E-state index contributed by atoms with van der Waals surface area (Å²) < 4.78 is 0.906. The predicted octanol–water partition coefficient (Wildman–Crippen LogP) is 2.64. The van der Waals surface area contributed by atoms with Crippen LogP contribution in [0.15, 0.2) is 18.2 Å². The largest absolute Gasteiger partial charge is 0.397 e. The van der Waals surface area contributed by atoms with Crippen LogP contribution < -0.4 is 11.1 Å². The van der Waals surface area contributed by atoms with Crippen LogP contribution in [0.5, 0.6) is 0 Å². The Morgan fingerprint density at radius 3 is 2.90 bits per heavy atom. The fraction of sp³-hybridized carbons (Fsp3) is 0.357. The summed E-state index contributed by atoms with van der Waals surface area (Å²) in [4.78, 5) is 12.7. The maximum absolute atomic E-state index is 12.2. The molecule has 0 bridgehead atoms. The fourth-order valence-electron chi connectivity index (χ4n) is 2.17. The highest BCUT2D eigenvalue weighted by Crippen LogP contribution is 2.44. The Morgan fingerprint density at radius 1 is 1.50 bits per heavy atom. The summed E-state index contributed by atoms with van der Waals surface area (Å²) >= 11 is 7.29. The monoisotopic (exact) mass is 310 g/mol. The molecule has 1 aromatic heterocycles. The normalized spacial score (nSPS) is 16.3. The van der Waals surface area contributed by atoms with E-state index in [0.29, 0.717) is 22.1 Å². The molecule has 0 radical (unpaired) electrons. The average molecular weight is 311 g/mol. The zero-order chi connectivity index (χ0) is 14.3. The molecule has 1 amide bonds. The number of rotatable bonds is 4. The van der Waals surface area contributed by atoms with Crippen molar-refractivity contribution in [3.05, 3.63) is 28.1 Å². The number of aliphatic hydroxyl groups excluding tert-OH is 1. The zero-order valence-electron chi connectivity index (χ0n) is 10.8. The summed E-state index contributed by atoms with van der Waals surface area (Å²) in [7, 11) is 0. The van der Waals surface area contributed by atoms with E-state index < -0.39 is 0 Å². The van der Waals surface area contributed by atoms with Crippen LogP contribution in [0.4, 0.5) is 5.69 Å². The van der Waals surface area contributed by atoms with E-state index >= 15 is 0 Å². The molecule has 4 nitrogen and oxygen atoms in total. The van der Waals surface area contributed by atoms with Gasteiger partial charge in [0.2, 0.25) is 0 Å². The summed E-state index contributed by atoms with van der Waals surface area (Å²) in [5.41, 5.74) is 6.42. The third-order valence-electron chi connectivity index (χ3n) is 3.81. The SMILES string of the molecule is Nc1c(C(=O)NCC2(CO)CC2)sc2cc(Cl)ccc12. The van der Waals surface area contributed by atoms with Gasteiger partial charge in [0, 0.05) is 27.1 Å². The second-order valence-corrected chi connectivity index (χ2v) is 6.81. The second-order valence-electron chi connectivity index (χ2n) is 5.33. The predicted molar refractivity (Wildman–Crippen MR) is 82.3 cm³/mol. The molecule has 1 aliphatic carbocycles. The molecular formula is C14H15ClN2O2S.